The predicted octanol–water partition coefficient (Wildman–Crippen LogP) is 3.13. The zero-order chi connectivity index (χ0) is 26.0. The summed E-state index contributed by atoms with van der Waals surface area (Å²) >= 11 is 0. The zero-order valence-electron chi connectivity index (χ0n) is 20.8. The fourth-order valence-electron chi connectivity index (χ4n) is 4.85. The third-order valence-corrected chi connectivity index (χ3v) is 6.76. The van der Waals surface area contributed by atoms with Crippen molar-refractivity contribution in [2.24, 2.45) is 15.8 Å². The summed E-state index contributed by atoms with van der Waals surface area (Å²) in [4.78, 5) is 40.7. The summed E-state index contributed by atoms with van der Waals surface area (Å²) in [6.07, 6.45) is 9.29. The van der Waals surface area contributed by atoms with Gasteiger partial charge in [0.05, 0.1) is 24.0 Å². The molecule has 0 radical (unpaired) electrons. The molecule has 9 nitrogen and oxygen atoms in total. The molecule has 1 saturated heterocycles. The Labute approximate surface area is 215 Å². The molecule has 0 spiro atoms. The Morgan fingerprint density at radius 3 is 2.81 bits per heavy atom. The van der Waals surface area contributed by atoms with E-state index in [0.29, 0.717) is 23.8 Å². The minimum Gasteiger partial charge on any atom is -0.323 e. The van der Waals surface area contributed by atoms with Crippen LogP contribution in [0.4, 0.5) is 5.82 Å². The van der Waals surface area contributed by atoms with E-state index in [2.05, 4.69) is 34.1 Å². The number of rotatable bonds is 5. The summed E-state index contributed by atoms with van der Waals surface area (Å²) < 4.78 is -0.157. The maximum atomic E-state index is 12.8. The second-order valence-electron chi connectivity index (χ2n) is 9.03. The van der Waals surface area contributed by atoms with Crippen molar-refractivity contribution < 1.29 is 14.2 Å². The van der Waals surface area contributed by atoms with E-state index in [1.54, 1.807) is 48.8 Å². The van der Waals surface area contributed by atoms with Gasteiger partial charge in [-0.3, -0.25) is 14.6 Å². The average molecular weight is 495 g/mol. The quantitative estimate of drug-likeness (QED) is 0.378. The summed E-state index contributed by atoms with van der Waals surface area (Å²) in [5.41, 5.74) is 3.79. The highest BCUT2D eigenvalue weighted by Crippen LogP contribution is 2.37. The molecular formula is C28H28N7O2+. The Hall–Kier alpha value is -4.39. The van der Waals surface area contributed by atoms with Crippen LogP contribution in [-0.4, -0.2) is 50.9 Å². The average Bonchev–Trinajstić information content (AvgIpc) is 3.51. The van der Waals surface area contributed by atoms with E-state index >= 15 is 0 Å². The number of aromatic nitrogens is 1. The van der Waals surface area contributed by atoms with Crippen molar-refractivity contribution in [2.75, 3.05) is 11.9 Å². The number of hydrogen-bond acceptors (Lipinski definition) is 6. The maximum Gasteiger partial charge on any atom is 0.299 e. The highest BCUT2D eigenvalue weighted by Gasteiger charge is 2.48. The summed E-state index contributed by atoms with van der Waals surface area (Å²) in [6, 6.07) is 10.7. The van der Waals surface area contributed by atoms with Crippen molar-refractivity contribution in [3.05, 3.63) is 83.1 Å². The number of pyridine rings is 1. The number of anilines is 1. The normalized spacial score (nSPS) is 21.9. The number of nitrogens with one attached hydrogen (secondary N) is 1. The topological polar surface area (TPSA) is 113 Å². The van der Waals surface area contributed by atoms with Gasteiger partial charge < -0.3 is 10.2 Å². The number of carbonyl (C=O) groups excluding carboxylic acids is 2. The molecule has 3 aliphatic heterocycles. The molecule has 186 valence electrons. The van der Waals surface area contributed by atoms with Gasteiger partial charge in [0.1, 0.15) is 17.7 Å². The fourth-order valence-corrected chi connectivity index (χ4v) is 4.85. The summed E-state index contributed by atoms with van der Waals surface area (Å²) in [5, 5.41) is 2.85. The number of amidine groups is 1. The highest BCUT2D eigenvalue weighted by atomic mass is 16.2. The van der Waals surface area contributed by atoms with Crippen molar-refractivity contribution >= 4 is 29.7 Å². The van der Waals surface area contributed by atoms with E-state index in [4.69, 9.17) is 10.8 Å². The van der Waals surface area contributed by atoms with Gasteiger partial charge in [-0.25, -0.2) is 4.98 Å². The molecule has 1 aromatic carbocycles. The van der Waals surface area contributed by atoms with Gasteiger partial charge in [-0.1, -0.05) is 12.8 Å². The molecule has 0 bridgehead atoms. The van der Waals surface area contributed by atoms with Crippen molar-refractivity contribution in [3.8, 4) is 11.8 Å². The first-order valence-electron chi connectivity index (χ1n) is 12.3. The second kappa shape index (κ2) is 9.93. The second-order valence-corrected chi connectivity index (χ2v) is 9.03. The van der Waals surface area contributed by atoms with Crippen LogP contribution in [-0.2, 0) is 11.2 Å². The Balaban J connectivity index is 1.43. The van der Waals surface area contributed by atoms with Crippen LogP contribution < -0.4 is 11.2 Å². The van der Waals surface area contributed by atoms with Crippen LogP contribution in [0.2, 0.25) is 0 Å². The number of benzene rings is 1. The van der Waals surface area contributed by atoms with Crippen LogP contribution in [0.5, 0.6) is 0 Å². The van der Waals surface area contributed by atoms with Crippen molar-refractivity contribution in [3.63, 3.8) is 0 Å². The molecule has 5 rings (SSSR count). The summed E-state index contributed by atoms with van der Waals surface area (Å²) in [6.45, 7) is 4.32. The number of nitrogens with two attached hydrogens (primary N) is 1. The molecule has 4 heterocycles. The van der Waals surface area contributed by atoms with E-state index in [1.807, 2.05) is 24.3 Å². The number of nitrogens with zero attached hydrogens (tertiary/aromatic N) is 5. The number of aliphatic imine (C=N–C) groups is 2. The lowest BCUT2D eigenvalue weighted by Crippen LogP contribution is -2.53. The van der Waals surface area contributed by atoms with Crippen LogP contribution in [0.3, 0.4) is 0 Å². The van der Waals surface area contributed by atoms with Crippen molar-refractivity contribution in [1.82, 2.24) is 9.88 Å². The molecule has 1 fully saturated rings. The molecular weight excluding hydrogens is 466 g/mol. The van der Waals surface area contributed by atoms with E-state index < -0.39 is 0 Å². The monoisotopic (exact) mass is 494 g/mol. The van der Waals surface area contributed by atoms with Gasteiger partial charge in [0.15, 0.2) is 0 Å². The fraction of sp³-hybridized carbons (Fsp3) is 0.250. The van der Waals surface area contributed by atoms with Crippen molar-refractivity contribution in [1.29, 1.82) is 0 Å². The lowest BCUT2D eigenvalue weighted by atomic mass is 10.1. The lowest BCUT2D eigenvalue weighted by molar-refractivity contribution is -0.750. The van der Waals surface area contributed by atoms with E-state index in [-0.39, 0.29) is 22.4 Å². The Morgan fingerprint density at radius 1 is 1.24 bits per heavy atom. The third-order valence-electron chi connectivity index (χ3n) is 6.76. The predicted molar refractivity (Wildman–Crippen MR) is 142 cm³/mol. The Morgan fingerprint density at radius 2 is 2.05 bits per heavy atom. The molecule has 2 unspecified atom stereocenters. The maximum absolute atomic E-state index is 12.8. The summed E-state index contributed by atoms with van der Waals surface area (Å²) in [5.74, 6) is 12.8. The molecule has 2 aromatic rings. The van der Waals surface area contributed by atoms with Gasteiger partial charge in [-0.15, -0.1) is 4.59 Å². The number of quaternary nitrogens is 1. The first-order chi connectivity index (χ1) is 17.9. The van der Waals surface area contributed by atoms with Crippen LogP contribution in [0, 0.1) is 11.8 Å². The molecule has 2 atom stereocenters. The standard InChI is InChI=1S/C28H27N7O2/c1-3-6-25(36)34-15-5-7-22(34)26-23-18-30-14-16-35(23,29)27(33-26)20-8-10-21(11-9-20)28(37)32-24-17-19(4-2)12-13-31-24/h8-14,16-18,22H,4-5,7,15,29H2,1-2H3/p+1. The summed E-state index contributed by atoms with van der Waals surface area (Å²) in [7, 11) is 0. The number of carbonyl (C=O) groups is 2. The molecule has 37 heavy (non-hydrogen) atoms. The minimum atomic E-state index is -0.251. The van der Waals surface area contributed by atoms with Gasteiger partial charge in [-0.05, 0) is 74.1 Å². The Kier molecular flexibility index (Phi) is 6.53. The first-order valence-corrected chi connectivity index (χ1v) is 12.3. The van der Waals surface area contributed by atoms with Crippen molar-refractivity contribution in [2.45, 2.75) is 39.2 Å². The number of allylic oxidation sites excluding steroid dienone is 1. The van der Waals surface area contributed by atoms with Crippen LogP contribution >= 0.6 is 0 Å². The van der Waals surface area contributed by atoms with Gasteiger partial charge in [0.25, 0.3) is 17.6 Å². The van der Waals surface area contributed by atoms with Crippen LogP contribution in [0.1, 0.15) is 48.2 Å². The number of amides is 2. The smallest absolute Gasteiger partial charge is 0.299 e. The van der Waals surface area contributed by atoms with Crippen LogP contribution in [0.15, 0.2) is 76.4 Å². The lowest BCUT2D eigenvalue weighted by Gasteiger charge is -2.27. The van der Waals surface area contributed by atoms with E-state index in [0.717, 1.165) is 41.8 Å². The minimum absolute atomic E-state index is 0.157. The zero-order valence-corrected chi connectivity index (χ0v) is 20.8. The van der Waals surface area contributed by atoms with Gasteiger partial charge in [0, 0.05) is 18.3 Å². The highest BCUT2D eigenvalue weighted by molar-refractivity contribution is 6.05. The van der Waals surface area contributed by atoms with E-state index in [9.17, 15) is 9.59 Å². The number of fused-ring (bicyclic) bond motifs is 1. The third kappa shape index (κ3) is 4.48. The molecule has 9 heteroatoms. The van der Waals surface area contributed by atoms with Gasteiger partial charge in [-0.2, -0.15) is 10.8 Å². The molecule has 3 aliphatic rings. The number of hydrogen-bond donors (Lipinski definition) is 2. The molecule has 0 saturated carbocycles. The number of aryl methyl sites for hydroxylation is 1. The van der Waals surface area contributed by atoms with Crippen LogP contribution in [0.25, 0.3) is 0 Å². The first kappa shape index (κ1) is 24.3. The SMILES string of the molecule is CC#CC(=O)N1CCCC1C1=C2C=NC=C[N+]2(N)C(c2ccc(C(=O)Nc3cc(CC)ccn3)cc2)=N1. The Bertz CT molecular complexity index is 1440. The van der Waals surface area contributed by atoms with Gasteiger partial charge >= 0.3 is 0 Å². The molecule has 0 aliphatic carbocycles. The molecule has 1 aromatic heterocycles. The van der Waals surface area contributed by atoms with Gasteiger partial charge in [0.2, 0.25) is 5.70 Å². The largest absolute Gasteiger partial charge is 0.323 e. The molecule has 3 N–H and O–H groups in total. The number of likely N-dealkylation sites (tertiary alicyclic amines) is 1. The van der Waals surface area contributed by atoms with E-state index in [1.165, 1.54) is 0 Å². The molecule has 2 amide bonds.